The van der Waals surface area contributed by atoms with Crippen LogP contribution in [0.5, 0.6) is 0 Å². The first kappa shape index (κ1) is 21.8. The third-order valence-electron chi connectivity index (χ3n) is 5.38. The Morgan fingerprint density at radius 3 is 2.69 bits per heavy atom. The lowest BCUT2D eigenvalue weighted by molar-refractivity contribution is 0.0608. The number of thiophene rings is 1. The van der Waals surface area contributed by atoms with Crippen LogP contribution in [0, 0.1) is 18.3 Å². The molecule has 2 aromatic heterocycles. The normalized spacial score (nSPS) is 11.9. The van der Waals surface area contributed by atoms with Gasteiger partial charge in [-0.05, 0) is 42.6 Å². The summed E-state index contributed by atoms with van der Waals surface area (Å²) in [6.07, 6.45) is 0.977. The first-order chi connectivity index (χ1) is 15.6. The standard InChI is InChI=1S/C25H24N4O2S/c1-4-13-27-21(24-28-20-15(2)32-23(22(20)29-24)25(30)31-3)17-11-9-16(10-12-17)19-8-6-5-7-18(19)14-26/h5-12,21,27H,4,13H2,1-3H3,(H,28,29). The molecule has 4 aromatic rings. The molecule has 0 amide bonds. The Labute approximate surface area is 190 Å². The predicted molar refractivity (Wildman–Crippen MR) is 127 cm³/mol. The number of aromatic nitrogens is 2. The monoisotopic (exact) mass is 444 g/mol. The van der Waals surface area contributed by atoms with Crippen LogP contribution in [0.1, 0.15) is 50.9 Å². The molecule has 32 heavy (non-hydrogen) atoms. The molecule has 1 unspecified atom stereocenters. The van der Waals surface area contributed by atoms with E-state index in [2.05, 4.69) is 35.4 Å². The topological polar surface area (TPSA) is 90.8 Å². The van der Waals surface area contributed by atoms with Gasteiger partial charge in [-0.15, -0.1) is 11.3 Å². The Hall–Kier alpha value is -3.47. The molecule has 7 heteroatoms. The van der Waals surface area contributed by atoms with Crippen molar-refractivity contribution >= 4 is 28.3 Å². The molecule has 0 spiro atoms. The number of ether oxygens (including phenoxy) is 1. The van der Waals surface area contributed by atoms with Gasteiger partial charge in [0.15, 0.2) is 0 Å². The number of hydrogen-bond donors (Lipinski definition) is 2. The van der Waals surface area contributed by atoms with Crippen LogP contribution in [0.3, 0.4) is 0 Å². The molecule has 2 heterocycles. The van der Waals surface area contributed by atoms with Gasteiger partial charge in [-0.2, -0.15) is 5.26 Å². The molecule has 6 nitrogen and oxygen atoms in total. The summed E-state index contributed by atoms with van der Waals surface area (Å²) in [5.41, 5.74) is 5.12. The molecule has 0 saturated carbocycles. The predicted octanol–water partition coefficient (Wildman–Crippen LogP) is 5.35. The minimum absolute atomic E-state index is 0.155. The number of carbonyl (C=O) groups excluding carboxylic acids is 1. The van der Waals surface area contributed by atoms with Crippen molar-refractivity contribution in [2.24, 2.45) is 0 Å². The van der Waals surface area contributed by atoms with Gasteiger partial charge in [0.05, 0.1) is 30.3 Å². The molecule has 2 aromatic carbocycles. The van der Waals surface area contributed by atoms with Crippen LogP contribution in [0.25, 0.3) is 22.2 Å². The first-order valence-corrected chi connectivity index (χ1v) is 11.3. The smallest absolute Gasteiger partial charge is 0.350 e. The number of carbonyl (C=O) groups is 1. The highest BCUT2D eigenvalue weighted by molar-refractivity contribution is 7.15. The molecule has 2 N–H and O–H groups in total. The van der Waals surface area contributed by atoms with Gasteiger partial charge in [0.25, 0.3) is 0 Å². The Bertz CT molecular complexity index is 1300. The zero-order valence-corrected chi connectivity index (χ0v) is 19.0. The number of fused-ring (bicyclic) bond motifs is 1. The van der Waals surface area contributed by atoms with Gasteiger partial charge in [0, 0.05) is 4.88 Å². The number of esters is 1. The summed E-state index contributed by atoms with van der Waals surface area (Å²) in [7, 11) is 1.39. The number of nitriles is 1. The second-order valence-corrected chi connectivity index (χ2v) is 8.72. The number of aromatic amines is 1. The van der Waals surface area contributed by atoms with Crippen molar-refractivity contribution in [3.63, 3.8) is 0 Å². The first-order valence-electron chi connectivity index (χ1n) is 10.5. The molecule has 4 rings (SSSR count). The van der Waals surface area contributed by atoms with E-state index in [0.717, 1.165) is 51.4 Å². The molecule has 0 bridgehead atoms. The Balaban J connectivity index is 1.73. The van der Waals surface area contributed by atoms with Crippen LogP contribution in [0.4, 0.5) is 0 Å². The quantitative estimate of drug-likeness (QED) is 0.375. The summed E-state index contributed by atoms with van der Waals surface area (Å²) in [5, 5.41) is 13.0. The maximum absolute atomic E-state index is 12.2. The van der Waals surface area contributed by atoms with E-state index in [9.17, 15) is 10.1 Å². The molecular weight excluding hydrogens is 420 g/mol. The van der Waals surface area contributed by atoms with Crippen molar-refractivity contribution in [2.45, 2.75) is 26.3 Å². The van der Waals surface area contributed by atoms with E-state index >= 15 is 0 Å². The molecule has 0 radical (unpaired) electrons. The fraction of sp³-hybridized carbons (Fsp3) is 0.240. The minimum Gasteiger partial charge on any atom is -0.465 e. The average Bonchev–Trinajstić information content (AvgIpc) is 3.39. The highest BCUT2D eigenvalue weighted by Gasteiger charge is 2.24. The van der Waals surface area contributed by atoms with E-state index in [1.54, 1.807) is 0 Å². The van der Waals surface area contributed by atoms with Crippen LogP contribution in [0.2, 0.25) is 0 Å². The Morgan fingerprint density at radius 2 is 2.00 bits per heavy atom. The lowest BCUT2D eigenvalue weighted by atomic mass is 9.97. The van der Waals surface area contributed by atoms with Gasteiger partial charge in [-0.1, -0.05) is 49.4 Å². The number of imidazole rings is 1. The van der Waals surface area contributed by atoms with E-state index in [1.807, 2.05) is 43.3 Å². The molecule has 0 aliphatic heterocycles. The number of nitrogens with zero attached hydrogens (tertiary/aromatic N) is 2. The van der Waals surface area contributed by atoms with Crippen molar-refractivity contribution in [1.82, 2.24) is 15.3 Å². The van der Waals surface area contributed by atoms with Gasteiger partial charge < -0.3 is 15.0 Å². The Kier molecular flexibility index (Phi) is 6.35. The van der Waals surface area contributed by atoms with Gasteiger partial charge in [-0.3, -0.25) is 0 Å². The molecular formula is C25H24N4O2S. The minimum atomic E-state index is -0.359. The second-order valence-electron chi connectivity index (χ2n) is 7.49. The van der Waals surface area contributed by atoms with Gasteiger partial charge in [0.2, 0.25) is 0 Å². The van der Waals surface area contributed by atoms with Crippen LogP contribution in [-0.4, -0.2) is 29.6 Å². The highest BCUT2D eigenvalue weighted by atomic mass is 32.1. The van der Waals surface area contributed by atoms with E-state index in [1.165, 1.54) is 18.4 Å². The zero-order chi connectivity index (χ0) is 22.7. The second kappa shape index (κ2) is 9.35. The van der Waals surface area contributed by atoms with Gasteiger partial charge in [0.1, 0.15) is 16.2 Å². The third kappa shape index (κ3) is 4.03. The molecule has 0 aliphatic carbocycles. The summed E-state index contributed by atoms with van der Waals surface area (Å²) in [6.45, 7) is 4.89. The lowest BCUT2D eigenvalue weighted by Crippen LogP contribution is -2.24. The number of benzene rings is 2. The molecule has 0 aliphatic rings. The number of aryl methyl sites for hydroxylation is 1. The fourth-order valence-corrected chi connectivity index (χ4v) is 4.75. The summed E-state index contributed by atoms with van der Waals surface area (Å²) in [5.74, 6) is 0.400. The number of H-pyrrole nitrogens is 1. The number of methoxy groups -OCH3 is 1. The van der Waals surface area contributed by atoms with E-state index in [4.69, 9.17) is 9.72 Å². The zero-order valence-electron chi connectivity index (χ0n) is 18.2. The number of rotatable bonds is 7. The largest absolute Gasteiger partial charge is 0.465 e. The van der Waals surface area contributed by atoms with Crippen molar-refractivity contribution in [1.29, 1.82) is 5.26 Å². The van der Waals surface area contributed by atoms with Crippen LogP contribution in [-0.2, 0) is 4.74 Å². The van der Waals surface area contributed by atoms with Crippen LogP contribution < -0.4 is 5.32 Å². The fourth-order valence-electron chi connectivity index (χ4n) is 3.78. The van der Waals surface area contributed by atoms with Gasteiger partial charge >= 0.3 is 5.97 Å². The summed E-state index contributed by atoms with van der Waals surface area (Å²) in [4.78, 5) is 21.9. The molecule has 1 atom stereocenters. The van der Waals surface area contributed by atoms with E-state index < -0.39 is 0 Å². The van der Waals surface area contributed by atoms with Gasteiger partial charge in [-0.25, -0.2) is 9.78 Å². The van der Waals surface area contributed by atoms with E-state index in [-0.39, 0.29) is 12.0 Å². The number of hydrogen-bond acceptors (Lipinski definition) is 6. The molecule has 0 saturated heterocycles. The van der Waals surface area contributed by atoms with Crippen molar-refractivity contribution < 1.29 is 9.53 Å². The van der Waals surface area contributed by atoms with Crippen LogP contribution in [0.15, 0.2) is 48.5 Å². The lowest BCUT2D eigenvalue weighted by Gasteiger charge is -2.17. The Morgan fingerprint density at radius 1 is 1.25 bits per heavy atom. The third-order valence-corrected chi connectivity index (χ3v) is 6.46. The summed E-state index contributed by atoms with van der Waals surface area (Å²) in [6, 6.07) is 17.9. The van der Waals surface area contributed by atoms with E-state index in [0.29, 0.717) is 10.4 Å². The van der Waals surface area contributed by atoms with Crippen molar-refractivity contribution in [3.05, 3.63) is 75.2 Å². The SMILES string of the molecule is CCCNC(c1ccc(-c2ccccc2C#N)cc1)c1nc2c(C)sc(C(=O)OC)c2[nH]1. The maximum atomic E-state index is 12.2. The summed E-state index contributed by atoms with van der Waals surface area (Å²) < 4.78 is 4.94. The molecule has 0 fully saturated rings. The van der Waals surface area contributed by atoms with Crippen molar-refractivity contribution in [3.8, 4) is 17.2 Å². The average molecular weight is 445 g/mol. The van der Waals surface area contributed by atoms with Crippen molar-refractivity contribution in [2.75, 3.05) is 13.7 Å². The highest BCUT2D eigenvalue weighted by Crippen LogP contribution is 2.33. The van der Waals surface area contributed by atoms with Crippen LogP contribution >= 0.6 is 11.3 Å². The maximum Gasteiger partial charge on any atom is 0.350 e. The molecule has 162 valence electrons. The number of nitrogens with one attached hydrogen (secondary N) is 2. The summed E-state index contributed by atoms with van der Waals surface area (Å²) >= 11 is 1.39.